The van der Waals surface area contributed by atoms with Gasteiger partial charge in [0.05, 0.1) is 19.2 Å². The molecule has 1 aliphatic rings. The summed E-state index contributed by atoms with van der Waals surface area (Å²) in [4.78, 5) is 44.5. The van der Waals surface area contributed by atoms with Crippen LogP contribution in [0.3, 0.4) is 0 Å². The number of carbonyl (C=O) groups is 2. The van der Waals surface area contributed by atoms with Crippen molar-refractivity contribution in [2.75, 3.05) is 30.8 Å². The van der Waals surface area contributed by atoms with Gasteiger partial charge in [0.25, 0.3) is 11.6 Å². The third-order valence-corrected chi connectivity index (χ3v) is 6.02. The Hall–Kier alpha value is -4.43. The Morgan fingerprint density at radius 2 is 1.68 bits per heavy atom. The molecule has 3 amide bonds. The third kappa shape index (κ3) is 6.66. The lowest BCUT2D eigenvalue weighted by molar-refractivity contribution is -0.139. The van der Waals surface area contributed by atoms with Crippen molar-refractivity contribution < 1.29 is 19.1 Å². The minimum Gasteiger partial charge on any atom is -0.358 e. The Bertz CT molecular complexity index is 1360. The largest absolute Gasteiger partial charge is 0.358 e. The minimum atomic E-state index is -2.16. The van der Waals surface area contributed by atoms with Crippen LogP contribution < -0.4 is 16.0 Å². The van der Waals surface area contributed by atoms with Crippen LogP contribution in [0.15, 0.2) is 89.9 Å². The third-order valence-electron chi connectivity index (χ3n) is 5.77. The molecule has 10 heteroatoms. The fourth-order valence-electron chi connectivity index (χ4n) is 3.79. The van der Waals surface area contributed by atoms with Gasteiger partial charge in [0, 0.05) is 35.6 Å². The number of nitrogens with zero attached hydrogens (tertiary/aromatic N) is 2. The van der Waals surface area contributed by atoms with E-state index in [2.05, 4.69) is 20.9 Å². The predicted molar refractivity (Wildman–Crippen MR) is 147 cm³/mol. The molecule has 0 aromatic heterocycles. The topological polar surface area (TPSA) is 112 Å². The zero-order valence-corrected chi connectivity index (χ0v) is 21.4. The second-order valence-electron chi connectivity index (χ2n) is 8.52. The normalized spacial score (nSPS) is 14.1. The number of hydrogen-bond donors (Lipinski definition) is 3. The zero-order valence-electron chi connectivity index (χ0n) is 20.6. The summed E-state index contributed by atoms with van der Waals surface area (Å²) in [5, 5.41) is 8.31. The summed E-state index contributed by atoms with van der Waals surface area (Å²) in [6, 6.07) is 21.8. The van der Waals surface area contributed by atoms with E-state index in [1.54, 1.807) is 54.5 Å². The number of hydrogen-bond acceptors (Lipinski definition) is 6. The van der Waals surface area contributed by atoms with Crippen molar-refractivity contribution in [1.82, 2.24) is 10.2 Å². The Labute approximate surface area is 225 Å². The smallest absolute Gasteiger partial charge is 0.322 e. The molecule has 194 valence electrons. The van der Waals surface area contributed by atoms with Gasteiger partial charge in [-0.25, -0.2) is 9.59 Å². The first kappa shape index (κ1) is 26.6. The van der Waals surface area contributed by atoms with Crippen LogP contribution in [0.2, 0.25) is 5.02 Å². The lowest BCUT2D eigenvalue weighted by Gasteiger charge is -2.29. The quantitative estimate of drug-likeness (QED) is 0.284. The molecule has 1 heterocycles. The van der Waals surface area contributed by atoms with Crippen LogP contribution in [0.1, 0.15) is 11.1 Å². The van der Waals surface area contributed by atoms with Gasteiger partial charge in [0.2, 0.25) is 0 Å². The SMILES string of the molecule is CN1CCN=C1c1ccc(NC(=O)[C@@](C=C=O)(NC(=O)Nc2ccc(Cl)cc2)OCc2ccccc2)cc1. The molecule has 3 aromatic rings. The van der Waals surface area contributed by atoms with Gasteiger partial charge in [-0.05, 0) is 54.1 Å². The summed E-state index contributed by atoms with van der Waals surface area (Å²) in [5.74, 6) is 1.68. The minimum absolute atomic E-state index is 0.0707. The van der Waals surface area contributed by atoms with Crippen molar-refractivity contribution in [2.45, 2.75) is 12.3 Å². The Morgan fingerprint density at radius 1 is 1.03 bits per heavy atom. The first-order valence-electron chi connectivity index (χ1n) is 11.8. The number of ether oxygens (including phenoxy) is 1. The number of aliphatic imine (C=N–C) groups is 1. The van der Waals surface area contributed by atoms with E-state index in [1.165, 1.54) is 0 Å². The van der Waals surface area contributed by atoms with E-state index in [0.29, 0.717) is 16.4 Å². The monoisotopic (exact) mass is 531 g/mol. The number of nitrogens with one attached hydrogen (secondary N) is 3. The van der Waals surface area contributed by atoms with Gasteiger partial charge in [-0.3, -0.25) is 15.1 Å². The van der Waals surface area contributed by atoms with Gasteiger partial charge < -0.3 is 20.3 Å². The lowest BCUT2D eigenvalue weighted by atomic mass is 10.1. The van der Waals surface area contributed by atoms with Crippen molar-refractivity contribution in [3.8, 4) is 0 Å². The average molecular weight is 532 g/mol. The van der Waals surface area contributed by atoms with Gasteiger partial charge in [0.15, 0.2) is 0 Å². The molecule has 4 rings (SSSR count). The fraction of sp³-hybridized carbons (Fsp3) is 0.179. The van der Waals surface area contributed by atoms with Gasteiger partial charge >= 0.3 is 6.03 Å². The van der Waals surface area contributed by atoms with Crippen molar-refractivity contribution >= 4 is 46.7 Å². The maximum atomic E-state index is 13.5. The summed E-state index contributed by atoms with van der Waals surface area (Å²) in [6.07, 6.45) is 0.837. The van der Waals surface area contributed by atoms with Crippen molar-refractivity contribution in [3.63, 3.8) is 0 Å². The van der Waals surface area contributed by atoms with Gasteiger partial charge in [-0.15, -0.1) is 0 Å². The van der Waals surface area contributed by atoms with E-state index in [-0.39, 0.29) is 6.61 Å². The van der Waals surface area contributed by atoms with E-state index in [4.69, 9.17) is 16.3 Å². The van der Waals surface area contributed by atoms with Crippen LogP contribution in [0.4, 0.5) is 16.2 Å². The highest BCUT2D eigenvalue weighted by Gasteiger charge is 2.40. The predicted octanol–water partition coefficient (Wildman–Crippen LogP) is 4.09. The van der Waals surface area contributed by atoms with E-state index < -0.39 is 17.7 Å². The second-order valence-corrected chi connectivity index (χ2v) is 8.95. The first-order chi connectivity index (χ1) is 18.4. The summed E-state index contributed by atoms with van der Waals surface area (Å²) < 4.78 is 5.89. The number of benzene rings is 3. The van der Waals surface area contributed by atoms with Crippen molar-refractivity contribution in [3.05, 3.63) is 101 Å². The van der Waals surface area contributed by atoms with Crippen LogP contribution in [0, 0.1) is 0 Å². The Kier molecular flexibility index (Phi) is 8.55. The highest BCUT2D eigenvalue weighted by atomic mass is 35.5. The molecule has 0 unspecified atom stereocenters. The number of urea groups is 1. The van der Waals surface area contributed by atoms with Gasteiger partial charge in [0.1, 0.15) is 11.8 Å². The molecule has 0 spiro atoms. The molecule has 0 saturated heterocycles. The van der Waals surface area contributed by atoms with Crippen molar-refractivity contribution in [2.24, 2.45) is 4.99 Å². The van der Waals surface area contributed by atoms with Gasteiger partial charge in [-0.2, -0.15) is 0 Å². The molecule has 0 saturated carbocycles. The molecule has 0 fully saturated rings. The van der Waals surface area contributed by atoms with E-state index in [1.807, 2.05) is 42.3 Å². The van der Waals surface area contributed by atoms with Crippen LogP contribution in [0.25, 0.3) is 0 Å². The molecule has 0 aliphatic carbocycles. The Morgan fingerprint density at radius 3 is 2.32 bits per heavy atom. The summed E-state index contributed by atoms with van der Waals surface area (Å²) >= 11 is 5.91. The molecular formula is C28H26ClN5O4. The molecule has 9 nitrogen and oxygen atoms in total. The van der Waals surface area contributed by atoms with Crippen LogP contribution in [-0.2, 0) is 20.9 Å². The molecule has 3 N–H and O–H groups in total. The Balaban J connectivity index is 1.56. The zero-order chi connectivity index (χ0) is 27.0. The first-order valence-corrected chi connectivity index (χ1v) is 12.2. The maximum absolute atomic E-state index is 13.5. The number of carbonyl (C=O) groups excluding carboxylic acids is 3. The summed E-state index contributed by atoms with van der Waals surface area (Å²) in [7, 11) is 1.96. The second kappa shape index (κ2) is 12.2. The van der Waals surface area contributed by atoms with Crippen LogP contribution in [-0.4, -0.2) is 54.5 Å². The van der Waals surface area contributed by atoms with Crippen LogP contribution >= 0.6 is 11.6 Å². The standard InChI is InChI=1S/C28H26ClN5O4/c1-34-17-16-30-25(34)21-7-11-23(12-8-21)31-26(36)28(15-18-35,38-19-20-5-3-2-4-6-20)33-27(37)32-24-13-9-22(29)10-14-24/h2-15H,16-17,19H2,1H3,(H,31,36)(H2,32,33,37)/t28-/m0/s1. The molecule has 1 aliphatic heterocycles. The molecule has 0 bridgehead atoms. The van der Waals surface area contributed by atoms with E-state index in [9.17, 15) is 14.4 Å². The number of amidine groups is 1. The highest BCUT2D eigenvalue weighted by Crippen LogP contribution is 2.20. The average Bonchev–Trinajstić information content (AvgIpc) is 3.35. The summed E-state index contributed by atoms with van der Waals surface area (Å²) in [5.41, 5.74) is 0.335. The molecular weight excluding hydrogens is 506 g/mol. The van der Waals surface area contributed by atoms with Crippen molar-refractivity contribution in [1.29, 1.82) is 0 Å². The molecule has 1 atom stereocenters. The van der Waals surface area contributed by atoms with Gasteiger partial charge in [-0.1, -0.05) is 41.9 Å². The number of anilines is 2. The summed E-state index contributed by atoms with van der Waals surface area (Å²) in [6.45, 7) is 1.50. The van der Waals surface area contributed by atoms with E-state index >= 15 is 0 Å². The molecule has 3 aromatic carbocycles. The molecule has 38 heavy (non-hydrogen) atoms. The van der Waals surface area contributed by atoms with Crippen LogP contribution in [0.5, 0.6) is 0 Å². The van der Waals surface area contributed by atoms with E-state index in [0.717, 1.165) is 36.1 Å². The molecule has 0 radical (unpaired) electrons. The number of halogens is 1. The fourth-order valence-corrected chi connectivity index (χ4v) is 3.92. The maximum Gasteiger partial charge on any atom is 0.322 e. The number of amides is 3. The highest BCUT2D eigenvalue weighted by molar-refractivity contribution is 6.30. The number of likely N-dealkylation sites (N-methyl/N-ethyl adjacent to an activating group) is 1. The lowest BCUT2D eigenvalue weighted by Crippen LogP contribution is -2.58. The number of rotatable bonds is 9.